The van der Waals surface area contributed by atoms with E-state index in [0.717, 1.165) is 25.7 Å². The summed E-state index contributed by atoms with van der Waals surface area (Å²) in [6, 6.07) is 10.5. The average molecular weight is 322 g/mol. The van der Waals surface area contributed by atoms with Crippen LogP contribution < -0.4 is 0 Å². The molecular weight excluding hydrogens is 296 g/mol. The standard InChI is InChI=1S/C17H26N2O2S/c1-15-6-5-11-19(14-15)22(20,21)18-12-9-17(10-13-18)16-7-3-2-4-8-16/h2-4,7-8,15,17H,5-6,9-14H2,1H3/t15-/m1/s1. The second-order valence-corrected chi connectivity index (χ2v) is 8.63. The molecule has 2 fully saturated rings. The lowest BCUT2D eigenvalue weighted by molar-refractivity contribution is 0.242. The van der Waals surface area contributed by atoms with Crippen molar-refractivity contribution in [1.82, 2.24) is 8.61 Å². The molecule has 3 rings (SSSR count). The zero-order valence-corrected chi connectivity index (χ0v) is 14.1. The largest absolute Gasteiger partial charge is 0.281 e. The Balaban J connectivity index is 1.63. The lowest BCUT2D eigenvalue weighted by Gasteiger charge is -2.37. The molecule has 0 N–H and O–H groups in total. The van der Waals surface area contributed by atoms with E-state index in [0.29, 0.717) is 38.0 Å². The van der Waals surface area contributed by atoms with Crippen molar-refractivity contribution in [2.75, 3.05) is 26.2 Å². The van der Waals surface area contributed by atoms with Crippen molar-refractivity contribution in [3.8, 4) is 0 Å². The van der Waals surface area contributed by atoms with Gasteiger partial charge >= 0.3 is 0 Å². The van der Waals surface area contributed by atoms with Gasteiger partial charge in [-0.1, -0.05) is 37.3 Å². The second-order valence-electron chi connectivity index (χ2n) is 6.70. The molecule has 22 heavy (non-hydrogen) atoms. The number of hydrogen-bond donors (Lipinski definition) is 0. The van der Waals surface area contributed by atoms with Crippen LogP contribution >= 0.6 is 0 Å². The summed E-state index contributed by atoms with van der Waals surface area (Å²) in [5.74, 6) is 0.971. The van der Waals surface area contributed by atoms with E-state index in [1.807, 2.05) is 6.07 Å². The average Bonchev–Trinajstić information content (AvgIpc) is 2.56. The second kappa shape index (κ2) is 6.69. The molecule has 122 valence electrons. The van der Waals surface area contributed by atoms with Gasteiger partial charge in [-0.05, 0) is 43.1 Å². The van der Waals surface area contributed by atoms with Gasteiger partial charge in [0, 0.05) is 26.2 Å². The maximum atomic E-state index is 12.8. The Morgan fingerprint density at radius 1 is 0.955 bits per heavy atom. The van der Waals surface area contributed by atoms with Crippen LogP contribution in [-0.2, 0) is 10.2 Å². The van der Waals surface area contributed by atoms with Gasteiger partial charge in [0.15, 0.2) is 0 Å². The number of nitrogens with zero attached hydrogens (tertiary/aromatic N) is 2. The molecular formula is C17H26N2O2S. The fourth-order valence-electron chi connectivity index (χ4n) is 3.66. The van der Waals surface area contributed by atoms with Crippen molar-refractivity contribution < 1.29 is 8.42 Å². The Bertz CT molecular complexity index is 580. The van der Waals surface area contributed by atoms with Crippen LogP contribution in [0.25, 0.3) is 0 Å². The molecule has 2 aliphatic heterocycles. The zero-order chi connectivity index (χ0) is 15.6. The first-order valence-corrected chi connectivity index (χ1v) is 9.77. The van der Waals surface area contributed by atoms with Crippen molar-refractivity contribution in [1.29, 1.82) is 0 Å². The Morgan fingerprint density at radius 2 is 1.64 bits per heavy atom. The number of piperidine rings is 2. The molecule has 0 aliphatic carbocycles. The third-order valence-electron chi connectivity index (χ3n) is 5.00. The molecule has 2 aliphatic rings. The molecule has 4 nitrogen and oxygen atoms in total. The van der Waals surface area contributed by atoms with Gasteiger partial charge in [-0.2, -0.15) is 17.0 Å². The first kappa shape index (κ1) is 16.0. The predicted octanol–water partition coefficient (Wildman–Crippen LogP) is 2.84. The Morgan fingerprint density at radius 3 is 2.27 bits per heavy atom. The van der Waals surface area contributed by atoms with Crippen LogP contribution in [0, 0.1) is 5.92 Å². The summed E-state index contributed by atoms with van der Waals surface area (Å²) in [6.45, 7) is 4.80. The minimum atomic E-state index is -3.26. The molecule has 1 aromatic carbocycles. The summed E-state index contributed by atoms with van der Waals surface area (Å²) in [5, 5.41) is 0. The van der Waals surface area contributed by atoms with E-state index >= 15 is 0 Å². The van der Waals surface area contributed by atoms with Gasteiger partial charge in [0.25, 0.3) is 10.2 Å². The Labute approximate surface area is 134 Å². The van der Waals surface area contributed by atoms with Gasteiger partial charge in [0.05, 0.1) is 0 Å². The van der Waals surface area contributed by atoms with E-state index in [2.05, 4.69) is 31.2 Å². The van der Waals surface area contributed by atoms with Crippen LogP contribution in [0.5, 0.6) is 0 Å². The van der Waals surface area contributed by atoms with Crippen LogP contribution in [0.3, 0.4) is 0 Å². The van der Waals surface area contributed by atoms with Gasteiger partial charge in [0.2, 0.25) is 0 Å². The highest BCUT2D eigenvalue weighted by Crippen LogP contribution is 2.30. The van der Waals surface area contributed by atoms with E-state index in [1.54, 1.807) is 8.61 Å². The van der Waals surface area contributed by atoms with Crippen molar-refractivity contribution in [3.05, 3.63) is 35.9 Å². The van der Waals surface area contributed by atoms with E-state index in [9.17, 15) is 8.42 Å². The van der Waals surface area contributed by atoms with Gasteiger partial charge in [0.1, 0.15) is 0 Å². The lowest BCUT2D eigenvalue weighted by Crippen LogP contribution is -2.49. The van der Waals surface area contributed by atoms with Gasteiger partial charge in [-0.15, -0.1) is 0 Å². The third-order valence-corrected chi connectivity index (χ3v) is 7.00. The summed E-state index contributed by atoms with van der Waals surface area (Å²) in [7, 11) is -3.26. The summed E-state index contributed by atoms with van der Waals surface area (Å²) in [4.78, 5) is 0. The Hall–Kier alpha value is -0.910. The summed E-state index contributed by atoms with van der Waals surface area (Å²) >= 11 is 0. The van der Waals surface area contributed by atoms with Crippen LogP contribution in [0.1, 0.15) is 44.1 Å². The summed E-state index contributed by atoms with van der Waals surface area (Å²) in [5.41, 5.74) is 1.34. The molecule has 0 bridgehead atoms. The fourth-order valence-corrected chi connectivity index (χ4v) is 5.47. The highest BCUT2D eigenvalue weighted by Gasteiger charge is 2.34. The summed E-state index contributed by atoms with van der Waals surface area (Å²) in [6.07, 6.45) is 3.97. The van der Waals surface area contributed by atoms with Gasteiger partial charge < -0.3 is 0 Å². The number of benzene rings is 1. The minimum Gasteiger partial charge on any atom is -0.195 e. The number of rotatable bonds is 3. The smallest absolute Gasteiger partial charge is 0.195 e. The van der Waals surface area contributed by atoms with Crippen molar-refractivity contribution in [3.63, 3.8) is 0 Å². The molecule has 0 amide bonds. The first-order valence-electron chi connectivity index (χ1n) is 8.37. The maximum absolute atomic E-state index is 12.8. The van der Waals surface area contributed by atoms with Gasteiger partial charge in [-0.3, -0.25) is 0 Å². The normalized spacial score (nSPS) is 26.1. The summed E-state index contributed by atoms with van der Waals surface area (Å²) < 4.78 is 29.0. The predicted molar refractivity (Wildman–Crippen MR) is 88.9 cm³/mol. The molecule has 0 aromatic heterocycles. The Kier molecular flexibility index (Phi) is 4.85. The van der Waals surface area contributed by atoms with Crippen LogP contribution in [0.2, 0.25) is 0 Å². The molecule has 0 spiro atoms. The molecule has 0 unspecified atom stereocenters. The SMILES string of the molecule is C[C@@H]1CCCN(S(=O)(=O)N2CCC(c3ccccc3)CC2)C1. The molecule has 1 aromatic rings. The highest BCUT2D eigenvalue weighted by atomic mass is 32.2. The van der Waals surface area contributed by atoms with E-state index < -0.39 is 10.2 Å². The minimum absolute atomic E-state index is 0.477. The van der Waals surface area contributed by atoms with E-state index in [4.69, 9.17) is 0 Å². The molecule has 0 saturated carbocycles. The van der Waals surface area contributed by atoms with E-state index in [-0.39, 0.29) is 0 Å². The zero-order valence-electron chi connectivity index (χ0n) is 13.3. The molecule has 2 heterocycles. The third kappa shape index (κ3) is 3.36. The van der Waals surface area contributed by atoms with Gasteiger partial charge in [-0.25, -0.2) is 0 Å². The molecule has 2 saturated heterocycles. The highest BCUT2D eigenvalue weighted by molar-refractivity contribution is 7.86. The maximum Gasteiger partial charge on any atom is 0.281 e. The van der Waals surface area contributed by atoms with E-state index in [1.165, 1.54) is 5.56 Å². The van der Waals surface area contributed by atoms with Crippen LogP contribution in [0.15, 0.2) is 30.3 Å². The molecule has 1 atom stereocenters. The molecule has 5 heteroatoms. The van der Waals surface area contributed by atoms with Crippen LogP contribution in [0.4, 0.5) is 0 Å². The topological polar surface area (TPSA) is 40.6 Å². The quantitative estimate of drug-likeness (QED) is 0.858. The van der Waals surface area contributed by atoms with Crippen molar-refractivity contribution in [2.45, 2.75) is 38.5 Å². The molecule has 0 radical (unpaired) electrons. The van der Waals surface area contributed by atoms with Crippen molar-refractivity contribution in [2.24, 2.45) is 5.92 Å². The van der Waals surface area contributed by atoms with Crippen molar-refractivity contribution >= 4 is 10.2 Å². The van der Waals surface area contributed by atoms with Crippen LogP contribution in [-0.4, -0.2) is 43.2 Å². The monoisotopic (exact) mass is 322 g/mol. The lowest BCUT2D eigenvalue weighted by atomic mass is 9.90. The first-order chi connectivity index (χ1) is 10.6. The fraction of sp³-hybridized carbons (Fsp3) is 0.647. The number of hydrogen-bond acceptors (Lipinski definition) is 2.